The molecule has 0 aliphatic carbocycles. The Bertz CT molecular complexity index is 533. The normalized spacial score (nSPS) is 12.1. The number of amidine groups is 1. The lowest BCUT2D eigenvalue weighted by atomic mass is 10.1. The van der Waals surface area contributed by atoms with E-state index in [1.54, 1.807) is 18.2 Å². The number of nitrogens with zero attached hydrogens (tertiary/aromatic N) is 1. The number of esters is 1. The zero-order chi connectivity index (χ0) is 16.0. The molecule has 1 aromatic rings. The highest BCUT2D eigenvalue weighted by molar-refractivity contribution is 5.99. The highest BCUT2D eigenvalue weighted by atomic mass is 16.6. The molecule has 21 heavy (non-hydrogen) atoms. The molecule has 1 aromatic carbocycles. The second-order valence-electron chi connectivity index (χ2n) is 5.61. The molecule has 0 spiro atoms. The Hall–Kier alpha value is -2.24. The molecule has 0 heterocycles. The van der Waals surface area contributed by atoms with E-state index in [0.29, 0.717) is 17.7 Å². The summed E-state index contributed by atoms with van der Waals surface area (Å²) in [6, 6.07) is 5.26. The van der Waals surface area contributed by atoms with Crippen molar-refractivity contribution in [2.75, 3.05) is 7.11 Å². The monoisotopic (exact) mass is 294 g/mol. The molecular formula is C15H22N2O4. The number of rotatable bonds is 5. The topological polar surface area (TPSA) is 94.1 Å². The maximum Gasteiger partial charge on any atom is 0.306 e. The molecule has 0 saturated heterocycles. The summed E-state index contributed by atoms with van der Waals surface area (Å²) >= 11 is 0. The van der Waals surface area contributed by atoms with Gasteiger partial charge >= 0.3 is 5.97 Å². The number of methoxy groups -OCH3 is 1. The predicted octanol–water partition coefficient (Wildman–Crippen LogP) is 2.06. The van der Waals surface area contributed by atoms with Gasteiger partial charge in [-0.15, -0.1) is 0 Å². The molecular weight excluding hydrogens is 272 g/mol. The van der Waals surface area contributed by atoms with E-state index in [0.717, 1.165) is 5.56 Å². The van der Waals surface area contributed by atoms with Crippen molar-refractivity contribution in [2.45, 2.75) is 39.2 Å². The van der Waals surface area contributed by atoms with Crippen LogP contribution in [-0.4, -0.2) is 29.7 Å². The lowest BCUT2D eigenvalue weighted by Gasteiger charge is -2.19. The van der Waals surface area contributed by atoms with E-state index < -0.39 is 5.60 Å². The summed E-state index contributed by atoms with van der Waals surface area (Å²) in [4.78, 5) is 11.7. The van der Waals surface area contributed by atoms with E-state index in [4.69, 9.17) is 20.4 Å². The maximum absolute atomic E-state index is 11.7. The zero-order valence-corrected chi connectivity index (χ0v) is 12.8. The minimum absolute atomic E-state index is 0.0226. The van der Waals surface area contributed by atoms with Gasteiger partial charge in [-0.05, 0) is 44.9 Å². The minimum atomic E-state index is -0.481. The van der Waals surface area contributed by atoms with Crippen LogP contribution in [0.1, 0.15) is 38.3 Å². The third-order valence-corrected chi connectivity index (χ3v) is 2.69. The first-order valence-electron chi connectivity index (χ1n) is 6.63. The SMILES string of the molecule is COc1cc(CCC(=O)OC(C)(C)C)ccc1C(N)=NO. The third-order valence-electron chi connectivity index (χ3n) is 2.69. The zero-order valence-electron chi connectivity index (χ0n) is 12.8. The first-order chi connectivity index (χ1) is 9.76. The van der Waals surface area contributed by atoms with Crippen molar-refractivity contribution in [1.82, 2.24) is 0 Å². The van der Waals surface area contributed by atoms with Crippen LogP contribution in [0.25, 0.3) is 0 Å². The largest absolute Gasteiger partial charge is 0.496 e. The highest BCUT2D eigenvalue weighted by Gasteiger charge is 2.16. The van der Waals surface area contributed by atoms with Crippen molar-refractivity contribution in [1.29, 1.82) is 0 Å². The Morgan fingerprint density at radius 2 is 2.05 bits per heavy atom. The molecule has 0 aromatic heterocycles. The number of carbonyl (C=O) groups excluding carboxylic acids is 1. The van der Waals surface area contributed by atoms with Crippen LogP contribution in [-0.2, 0) is 16.0 Å². The molecule has 116 valence electrons. The Morgan fingerprint density at radius 3 is 2.57 bits per heavy atom. The number of benzene rings is 1. The lowest BCUT2D eigenvalue weighted by molar-refractivity contribution is -0.154. The molecule has 0 saturated carbocycles. The summed E-state index contributed by atoms with van der Waals surface area (Å²) < 4.78 is 10.5. The number of oxime groups is 1. The molecule has 1 rings (SSSR count). The minimum Gasteiger partial charge on any atom is -0.496 e. The predicted molar refractivity (Wildman–Crippen MR) is 79.7 cm³/mol. The number of aryl methyl sites for hydroxylation is 1. The van der Waals surface area contributed by atoms with E-state index in [-0.39, 0.29) is 18.2 Å². The molecule has 0 aliphatic heterocycles. The average molecular weight is 294 g/mol. The van der Waals surface area contributed by atoms with Gasteiger partial charge in [0.2, 0.25) is 0 Å². The van der Waals surface area contributed by atoms with E-state index in [9.17, 15) is 4.79 Å². The smallest absolute Gasteiger partial charge is 0.306 e. The molecule has 3 N–H and O–H groups in total. The fourth-order valence-corrected chi connectivity index (χ4v) is 1.80. The van der Waals surface area contributed by atoms with E-state index in [1.165, 1.54) is 7.11 Å². The Morgan fingerprint density at radius 1 is 1.38 bits per heavy atom. The van der Waals surface area contributed by atoms with Gasteiger partial charge < -0.3 is 20.4 Å². The van der Waals surface area contributed by atoms with Gasteiger partial charge in [0.05, 0.1) is 12.7 Å². The molecule has 0 amide bonds. The van der Waals surface area contributed by atoms with Crippen LogP contribution < -0.4 is 10.5 Å². The van der Waals surface area contributed by atoms with Crippen LogP contribution in [0.2, 0.25) is 0 Å². The molecule has 0 aliphatic rings. The van der Waals surface area contributed by atoms with Crippen LogP contribution in [0, 0.1) is 0 Å². The van der Waals surface area contributed by atoms with Gasteiger partial charge in [-0.2, -0.15) is 0 Å². The van der Waals surface area contributed by atoms with Crippen molar-refractivity contribution in [3.63, 3.8) is 0 Å². The van der Waals surface area contributed by atoms with Gasteiger partial charge in [0, 0.05) is 6.42 Å². The summed E-state index contributed by atoms with van der Waals surface area (Å²) in [6.45, 7) is 5.50. The maximum atomic E-state index is 11.7. The van der Waals surface area contributed by atoms with Crippen LogP contribution >= 0.6 is 0 Å². The number of hydrogen-bond donors (Lipinski definition) is 2. The molecule has 0 unspecified atom stereocenters. The van der Waals surface area contributed by atoms with Crippen molar-refractivity contribution < 1.29 is 19.5 Å². The van der Waals surface area contributed by atoms with Gasteiger partial charge in [0.15, 0.2) is 5.84 Å². The fraction of sp³-hybridized carbons (Fsp3) is 0.467. The van der Waals surface area contributed by atoms with E-state index >= 15 is 0 Å². The first kappa shape index (κ1) is 16.8. The van der Waals surface area contributed by atoms with Crippen LogP contribution in [0.15, 0.2) is 23.4 Å². The number of carbonyl (C=O) groups is 1. The summed E-state index contributed by atoms with van der Waals surface area (Å²) in [5, 5.41) is 11.7. The van der Waals surface area contributed by atoms with Gasteiger partial charge in [0.1, 0.15) is 11.4 Å². The number of hydrogen-bond acceptors (Lipinski definition) is 5. The van der Waals surface area contributed by atoms with Gasteiger partial charge in [-0.1, -0.05) is 11.2 Å². The standard InChI is InChI=1S/C15H22N2O4/c1-15(2,3)21-13(18)8-6-10-5-7-11(14(16)17-19)12(9-10)20-4/h5,7,9,19H,6,8H2,1-4H3,(H2,16,17). The van der Waals surface area contributed by atoms with Crippen LogP contribution in [0.3, 0.4) is 0 Å². The van der Waals surface area contributed by atoms with Gasteiger partial charge in [-0.3, -0.25) is 4.79 Å². The molecule has 0 atom stereocenters. The van der Waals surface area contributed by atoms with Gasteiger partial charge in [0.25, 0.3) is 0 Å². The Balaban J connectivity index is 2.76. The summed E-state index contributed by atoms with van der Waals surface area (Å²) in [6.07, 6.45) is 0.811. The second kappa shape index (κ2) is 6.97. The molecule has 0 fully saturated rings. The number of nitrogens with two attached hydrogens (primary N) is 1. The van der Waals surface area contributed by atoms with Crippen molar-refractivity contribution in [2.24, 2.45) is 10.9 Å². The highest BCUT2D eigenvalue weighted by Crippen LogP contribution is 2.21. The number of ether oxygens (including phenoxy) is 2. The lowest BCUT2D eigenvalue weighted by Crippen LogP contribution is -2.24. The first-order valence-corrected chi connectivity index (χ1v) is 6.63. The summed E-state index contributed by atoms with van der Waals surface area (Å²) in [5.74, 6) is 0.222. The van der Waals surface area contributed by atoms with Crippen molar-refractivity contribution >= 4 is 11.8 Å². The molecule has 0 radical (unpaired) electrons. The van der Waals surface area contributed by atoms with Crippen LogP contribution in [0.4, 0.5) is 0 Å². The van der Waals surface area contributed by atoms with Crippen LogP contribution in [0.5, 0.6) is 5.75 Å². The van der Waals surface area contributed by atoms with E-state index in [2.05, 4.69) is 5.16 Å². The Labute approximate surface area is 124 Å². The van der Waals surface area contributed by atoms with E-state index in [1.807, 2.05) is 20.8 Å². The summed E-state index contributed by atoms with van der Waals surface area (Å²) in [7, 11) is 1.50. The quantitative estimate of drug-likeness (QED) is 0.285. The summed E-state index contributed by atoms with van der Waals surface area (Å²) in [5.41, 5.74) is 6.49. The molecule has 6 heteroatoms. The molecule has 0 bridgehead atoms. The second-order valence-corrected chi connectivity index (χ2v) is 5.61. The molecule has 6 nitrogen and oxygen atoms in total. The van der Waals surface area contributed by atoms with Crippen molar-refractivity contribution in [3.8, 4) is 5.75 Å². The van der Waals surface area contributed by atoms with Crippen molar-refractivity contribution in [3.05, 3.63) is 29.3 Å². The average Bonchev–Trinajstić information content (AvgIpc) is 2.42. The Kier molecular flexibility index (Phi) is 5.58. The fourth-order valence-electron chi connectivity index (χ4n) is 1.80. The van der Waals surface area contributed by atoms with Gasteiger partial charge in [-0.25, -0.2) is 0 Å². The third kappa shape index (κ3) is 5.33.